The molecule has 2 rings (SSSR count). The number of nitrogens with two attached hydrogens (primary N) is 1. The molecule has 1 unspecified atom stereocenters. The minimum Gasteiger partial charge on any atom is -0.373 e. The van der Waals surface area contributed by atoms with Gasteiger partial charge >= 0.3 is 0 Å². The van der Waals surface area contributed by atoms with Gasteiger partial charge in [0.2, 0.25) is 0 Å². The normalized spacial score (nSPS) is 19.5. The number of hydrogen-bond donors (Lipinski definition) is 1. The Morgan fingerprint density at radius 3 is 2.89 bits per heavy atom. The molecule has 0 radical (unpaired) electrons. The van der Waals surface area contributed by atoms with E-state index < -0.39 is 22.2 Å². The molecule has 1 aliphatic rings. The van der Waals surface area contributed by atoms with Gasteiger partial charge in [0.15, 0.2) is 17.3 Å². The molecular weight excluding hydrogens is 260 g/mol. The summed E-state index contributed by atoms with van der Waals surface area (Å²) in [6.45, 7) is 0.908. The van der Waals surface area contributed by atoms with E-state index in [0.29, 0.717) is 0 Å². The molecule has 1 atom stereocenters. The van der Waals surface area contributed by atoms with Crippen LogP contribution in [0.2, 0.25) is 0 Å². The molecule has 1 aliphatic heterocycles. The standard InChI is InChI=1S/C11H13F2N3O3/c12-8-1-2-9(16(17)18)11(10(8)13)15-3-4-19-7(5-14)6-15/h1-2,7H,3-6,14H2. The maximum Gasteiger partial charge on any atom is 0.295 e. The summed E-state index contributed by atoms with van der Waals surface area (Å²) in [4.78, 5) is 11.6. The van der Waals surface area contributed by atoms with Crippen molar-refractivity contribution in [3.8, 4) is 0 Å². The molecule has 1 fully saturated rings. The van der Waals surface area contributed by atoms with Crippen LogP contribution in [0.3, 0.4) is 0 Å². The van der Waals surface area contributed by atoms with Crippen LogP contribution in [-0.4, -0.2) is 37.3 Å². The van der Waals surface area contributed by atoms with E-state index in [0.717, 1.165) is 12.1 Å². The van der Waals surface area contributed by atoms with Gasteiger partial charge in [-0.2, -0.15) is 0 Å². The van der Waals surface area contributed by atoms with Crippen LogP contribution in [0.4, 0.5) is 20.2 Å². The van der Waals surface area contributed by atoms with Gasteiger partial charge in [-0.15, -0.1) is 0 Å². The molecule has 1 saturated heterocycles. The van der Waals surface area contributed by atoms with Gasteiger partial charge in [-0.1, -0.05) is 0 Å². The molecule has 0 saturated carbocycles. The summed E-state index contributed by atoms with van der Waals surface area (Å²) in [7, 11) is 0. The van der Waals surface area contributed by atoms with Crippen LogP contribution in [-0.2, 0) is 4.74 Å². The highest BCUT2D eigenvalue weighted by Crippen LogP contribution is 2.33. The lowest BCUT2D eigenvalue weighted by atomic mass is 10.2. The van der Waals surface area contributed by atoms with E-state index in [1.165, 1.54) is 4.90 Å². The molecule has 0 aliphatic carbocycles. The largest absolute Gasteiger partial charge is 0.373 e. The van der Waals surface area contributed by atoms with Crippen LogP contribution in [0, 0.1) is 21.7 Å². The van der Waals surface area contributed by atoms with Crippen LogP contribution in [0.1, 0.15) is 0 Å². The molecule has 0 amide bonds. The molecule has 1 heterocycles. The first-order chi connectivity index (χ1) is 9.04. The van der Waals surface area contributed by atoms with E-state index in [4.69, 9.17) is 10.5 Å². The molecule has 1 aromatic rings. The fraction of sp³-hybridized carbons (Fsp3) is 0.455. The number of rotatable bonds is 3. The second kappa shape index (κ2) is 5.45. The van der Waals surface area contributed by atoms with E-state index in [9.17, 15) is 18.9 Å². The molecule has 104 valence electrons. The third kappa shape index (κ3) is 2.64. The molecular formula is C11H13F2N3O3. The van der Waals surface area contributed by atoms with Gasteiger partial charge in [0.25, 0.3) is 5.69 Å². The first kappa shape index (κ1) is 13.6. The van der Waals surface area contributed by atoms with Gasteiger partial charge in [0, 0.05) is 25.7 Å². The minimum atomic E-state index is -1.22. The number of benzene rings is 1. The number of anilines is 1. The molecule has 8 heteroatoms. The topological polar surface area (TPSA) is 81.6 Å². The fourth-order valence-electron chi connectivity index (χ4n) is 2.04. The van der Waals surface area contributed by atoms with Crippen molar-refractivity contribution < 1.29 is 18.4 Å². The first-order valence-corrected chi connectivity index (χ1v) is 5.73. The van der Waals surface area contributed by atoms with Gasteiger partial charge in [0.1, 0.15) is 0 Å². The van der Waals surface area contributed by atoms with Gasteiger partial charge in [-0.25, -0.2) is 8.78 Å². The number of halogens is 2. The van der Waals surface area contributed by atoms with E-state index in [1.54, 1.807) is 0 Å². The summed E-state index contributed by atoms with van der Waals surface area (Å²) >= 11 is 0. The summed E-state index contributed by atoms with van der Waals surface area (Å²) in [6.07, 6.45) is -0.351. The zero-order chi connectivity index (χ0) is 14.0. The lowest BCUT2D eigenvalue weighted by molar-refractivity contribution is -0.384. The minimum absolute atomic E-state index is 0.192. The Labute approximate surface area is 107 Å². The molecule has 0 bridgehead atoms. The fourth-order valence-corrected chi connectivity index (χ4v) is 2.04. The van der Waals surface area contributed by atoms with Crippen LogP contribution in [0.25, 0.3) is 0 Å². The highest BCUT2D eigenvalue weighted by molar-refractivity contribution is 5.64. The SMILES string of the molecule is NCC1CN(c2c([N+](=O)[O-])ccc(F)c2F)CCO1. The quantitative estimate of drug-likeness (QED) is 0.657. The average molecular weight is 273 g/mol. The van der Waals surface area contributed by atoms with Crippen molar-refractivity contribution in [2.24, 2.45) is 5.73 Å². The molecule has 6 nitrogen and oxygen atoms in total. The van der Waals surface area contributed by atoms with Gasteiger partial charge in [-0.05, 0) is 6.07 Å². The van der Waals surface area contributed by atoms with Crippen molar-refractivity contribution in [2.45, 2.75) is 6.10 Å². The molecule has 1 aromatic carbocycles. The molecule has 0 aromatic heterocycles. The Hall–Kier alpha value is -1.80. The van der Waals surface area contributed by atoms with Crippen molar-refractivity contribution in [2.75, 3.05) is 31.1 Å². The van der Waals surface area contributed by atoms with E-state index in [2.05, 4.69) is 0 Å². The Morgan fingerprint density at radius 2 is 2.26 bits per heavy atom. The zero-order valence-electron chi connectivity index (χ0n) is 10.0. The predicted molar refractivity (Wildman–Crippen MR) is 64.0 cm³/mol. The number of nitrogens with zero attached hydrogens (tertiary/aromatic N) is 2. The van der Waals surface area contributed by atoms with E-state index >= 15 is 0 Å². The molecule has 19 heavy (non-hydrogen) atoms. The van der Waals surface area contributed by atoms with Gasteiger partial charge in [0.05, 0.1) is 17.6 Å². The predicted octanol–water partition coefficient (Wildman–Crippen LogP) is 1.04. The van der Waals surface area contributed by atoms with Crippen molar-refractivity contribution in [1.29, 1.82) is 0 Å². The van der Waals surface area contributed by atoms with Crippen molar-refractivity contribution in [1.82, 2.24) is 0 Å². The Bertz CT molecular complexity index is 498. The number of nitro benzene ring substituents is 1. The highest BCUT2D eigenvalue weighted by atomic mass is 19.2. The van der Waals surface area contributed by atoms with E-state index in [-0.39, 0.29) is 38.0 Å². The highest BCUT2D eigenvalue weighted by Gasteiger charge is 2.30. The van der Waals surface area contributed by atoms with Crippen LogP contribution in [0.5, 0.6) is 0 Å². The average Bonchev–Trinajstić information content (AvgIpc) is 2.41. The summed E-state index contributed by atoms with van der Waals surface area (Å²) in [5, 5.41) is 10.9. The third-order valence-corrected chi connectivity index (χ3v) is 2.96. The summed E-state index contributed by atoms with van der Waals surface area (Å²) in [5.41, 5.74) is 4.65. The number of nitro groups is 1. The third-order valence-electron chi connectivity index (χ3n) is 2.96. The zero-order valence-corrected chi connectivity index (χ0v) is 10.0. The van der Waals surface area contributed by atoms with Crippen LogP contribution < -0.4 is 10.6 Å². The summed E-state index contributed by atoms with van der Waals surface area (Å²) in [6, 6.07) is 1.71. The van der Waals surface area contributed by atoms with Crippen LogP contribution in [0.15, 0.2) is 12.1 Å². The number of hydrogen-bond acceptors (Lipinski definition) is 5. The number of ether oxygens (including phenoxy) is 1. The molecule has 2 N–H and O–H groups in total. The summed E-state index contributed by atoms with van der Waals surface area (Å²) in [5.74, 6) is -2.33. The van der Waals surface area contributed by atoms with Crippen molar-refractivity contribution in [3.63, 3.8) is 0 Å². The van der Waals surface area contributed by atoms with E-state index in [1.807, 2.05) is 0 Å². The van der Waals surface area contributed by atoms with Gasteiger partial charge in [-0.3, -0.25) is 10.1 Å². The van der Waals surface area contributed by atoms with Crippen molar-refractivity contribution in [3.05, 3.63) is 33.9 Å². The maximum absolute atomic E-state index is 13.8. The van der Waals surface area contributed by atoms with Crippen molar-refractivity contribution >= 4 is 11.4 Å². The number of morpholine rings is 1. The Kier molecular flexibility index (Phi) is 3.91. The maximum atomic E-state index is 13.8. The Balaban J connectivity index is 2.42. The smallest absolute Gasteiger partial charge is 0.295 e. The van der Waals surface area contributed by atoms with Crippen LogP contribution >= 0.6 is 0 Å². The van der Waals surface area contributed by atoms with Gasteiger partial charge < -0.3 is 15.4 Å². The Morgan fingerprint density at radius 1 is 1.53 bits per heavy atom. The molecule has 0 spiro atoms. The summed E-state index contributed by atoms with van der Waals surface area (Å²) < 4.78 is 32.4. The first-order valence-electron chi connectivity index (χ1n) is 5.73. The second-order valence-electron chi connectivity index (χ2n) is 4.16. The lowest BCUT2D eigenvalue weighted by Crippen LogP contribution is -2.46. The second-order valence-corrected chi connectivity index (χ2v) is 4.16. The lowest BCUT2D eigenvalue weighted by Gasteiger charge is -2.33. The monoisotopic (exact) mass is 273 g/mol.